The van der Waals surface area contributed by atoms with E-state index in [9.17, 15) is 9.90 Å². The molecule has 2 amide bonds. The van der Waals surface area contributed by atoms with Gasteiger partial charge in [0.2, 0.25) is 0 Å². The number of hydrogen-bond acceptors (Lipinski definition) is 2. The van der Waals surface area contributed by atoms with E-state index in [2.05, 4.69) is 10.6 Å². The molecule has 0 aromatic heterocycles. The zero-order valence-electron chi connectivity index (χ0n) is 10.3. The lowest BCUT2D eigenvalue weighted by Gasteiger charge is -2.15. The molecule has 1 saturated carbocycles. The van der Waals surface area contributed by atoms with E-state index in [0.29, 0.717) is 28.1 Å². The number of hydrogen-bond donors (Lipinski definition) is 3. The van der Waals surface area contributed by atoms with Gasteiger partial charge >= 0.3 is 6.03 Å². The van der Waals surface area contributed by atoms with Crippen LogP contribution in [0.25, 0.3) is 0 Å². The van der Waals surface area contributed by atoms with Crippen molar-refractivity contribution in [3.05, 3.63) is 33.8 Å². The highest BCUT2D eigenvalue weighted by Crippen LogP contribution is 2.30. The largest absolute Gasteiger partial charge is 0.386 e. The molecule has 0 spiro atoms. The summed E-state index contributed by atoms with van der Waals surface area (Å²) in [6.45, 7) is 0.759. The number of benzene rings is 1. The molecule has 0 radical (unpaired) electrons. The number of halogens is 2. The van der Waals surface area contributed by atoms with E-state index in [1.165, 1.54) is 12.8 Å². The standard InChI is InChI=1S/C13H16Cl2N2O2/c14-9-2-1-3-10(15)12(9)11(18)7-17-13(19)16-6-8-4-5-8/h1-3,8,11,18H,4-7H2,(H2,16,17,19). The average Bonchev–Trinajstić information content (AvgIpc) is 3.17. The summed E-state index contributed by atoms with van der Waals surface area (Å²) in [7, 11) is 0. The number of carbonyl (C=O) groups is 1. The lowest BCUT2D eigenvalue weighted by atomic mass is 10.1. The predicted molar refractivity (Wildman–Crippen MR) is 75.5 cm³/mol. The molecular formula is C13H16Cl2N2O2. The Kier molecular flexibility index (Phi) is 4.91. The molecule has 1 fully saturated rings. The van der Waals surface area contributed by atoms with E-state index in [-0.39, 0.29) is 12.6 Å². The summed E-state index contributed by atoms with van der Waals surface area (Å²) in [6, 6.07) is 4.73. The van der Waals surface area contributed by atoms with Crippen LogP contribution >= 0.6 is 23.2 Å². The molecule has 3 N–H and O–H groups in total. The Morgan fingerprint density at radius 1 is 1.32 bits per heavy atom. The van der Waals surface area contributed by atoms with E-state index in [1.807, 2.05) is 0 Å². The maximum atomic E-state index is 11.5. The first-order valence-electron chi connectivity index (χ1n) is 6.21. The molecule has 1 unspecified atom stereocenters. The molecule has 0 heterocycles. The lowest BCUT2D eigenvalue weighted by Crippen LogP contribution is -2.38. The topological polar surface area (TPSA) is 61.4 Å². The number of urea groups is 1. The van der Waals surface area contributed by atoms with Crippen molar-refractivity contribution in [2.75, 3.05) is 13.1 Å². The van der Waals surface area contributed by atoms with Gasteiger partial charge in [0, 0.05) is 28.7 Å². The van der Waals surface area contributed by atoms with Gasteiger partial charge in [0.15, 0.2) is 0 Å². The molecular weight excluding hydrogens is 287 g/mol. The van der Waals surface area contributed by atoms with Crippen molar-refractivity contribution in [1.29, 1.82) is 0 Å². The minimum Gasteiger partial charge on any atom is -0.386 e. The molecule has 0 saturated heterocycles. The first kappa shape index (κ1) is 14.4. The molecule has 1 aromatic rings. The van der Waals surface area contributed by atoms with Gasteiger partial charge in [-0.3, -0.25) is 0 Å². The van der Waals surface area contributed by atoms with Crippen LogP contribution < -0.4 is 10.6 Å². The van der Waals surface area contributed by atoms with E-state index in [0.717, 1.165) is 0 Å². The van der Waals surface area contributed by atoms with Gasteiger partial charge < -0.3 is 15.7 Å². The lowest BCUT2D eigenvalue weighted by molar-refractivity contribution is 0.173. The van der Waals surface area contributed by atoms with Gasteiger partial charge in [0.05, 0.1) is 6.10 Å². The van der Waals surface area contributed by atoms with Crippen LogP contribution in [0.4, 0.5) is 4.79 Å². The molecule has 19 heavy (non-hydrogen) atoms. The summed E-state index contributed by atoms with van der Waals surface area (Å²) in [5.41, 5.74) is 0.438. The van der Waals surface area contributed by atoms with Crippen LogP contribution in [-0.4, -0.2) is 24.2 Å². The first-order valence-corrected chi connectivity index (χ1v) is 6.97. The fourth-order valence-electron chi connectivity index (χ4n) is 1.74. The van der Waals surface area contributed by atoms with Crippen molar-refractivity contribution in [2.45, 2.75) is 18.9 Å². The number of nitrogens with one attached hydrogen (secondary N) is 2. The maximum absolute atomic E-state index is 11.5. The molecule has 4 nitrogen and oxygen atoms in total. The van der Waals surface area contributed by atoms with Crippen LogP contribution in [0.1, 0.15) is 24.5 Å². The molecule has 6 heteroatoms. The van der Waals surface area contributed by atoms with Gasteiger partial charge in [0.1, 0.15) is 0 Å². The van der Waals surface area contributed by atoms with Gasteiger partial charge in [-0.2, -0.15) is 0 Å². The highest BCUT2D eigenvalue weighted by Gasteiger charge is 2.22. The molecule has 1 aliphatic carbocycles. The Morgan fingerprint density at radius 3 is 2.53 bits per heavy atom. The number of aliphatic hydroxyl groups excluding tert-OH is 1. The number of carbonyl (C=O) groups excluding carboxylic acids is 1. The summed E-state index contributed by atoms with van der Waals surface area (Å²) in [5, 5.41) is 16.1. The third kappa shape index (κ3) is 4.27. The first-order chi connectivity index (χ1) is 9.08. The maximum Gasteiger partial charge on any atom is 0.314 e. The second kappa shape index (κ2) is 6.46. The Hall–Kier alpha value is -0.970. The average molecular weight is 303 g/mol. The third-order valence-electron chi connectivity index (χ3n) is 3.04. The van der Waals surface area contributed by atoms with Crippen LogP contribution in [0.15, 0.2) is 18.2 Å². The highest BCUT2D eigenvalue weighted by atomic mass is 35.5. The Morgan fingerprint density at radius 2 is 1.95 bits per heavy atom. The highest BCUT2D eigenvalue weighted by molar-refractivity contribution is 6.36. The van der Waals surface area contributed by atoms with Gasteiger partial charge in [-0.15, -0.1) is 0 Å². The van der Waals surface area contributed by atoms with Crippen LogP contribution in [0.2, 0.25) is 10.0 Å². The molecule has 0 bridgehead atoms. The van der Waals surface area contributed by atoms with Gasteiger partial charge in [-0.1, -0.05) is 29.3 Å². The number of aliphatic hydroxyl groups is 1. The second-order valence-corrected chi connectivity index (χ2v) is 5.50. The SMILES string of the molecule is O=C(NCC1CC1)NCC(O)c1c(Cl)cccc1Cl. The molecule has 1 atom stereocenters. The van der Waals surface area contributed by atoms with Gasteiger partial charge in [0.25, 0.3) is 0 Å². The predicted octanol–water partition coefficient (Wildman–Crippen LogP) is 2.74. The van der Waals surface area contributed by atoms with E-state index >= 15 is 0 Å². The fourth-order valence-corrected chi connectivity index (χ4v) is 2.39. The van der Waals surface area contributed by atoms with Crippen LogP contribution in [-0.2, 0) is 0 Å². The van der Waals surface area contributed by atoms with Crippen LogP contribution in [0, 0.1) is 5.92 Å². The third-order valence-corrected chi connectivity index (χ3v) is 3.70. The number of rotatable bonds is 5. The van der Waals surface area contributed by atoms with Crippen molar-refractivity contribution in [1.82, 2.24) is 10.6 Å². The van der Waals surface area contributed by atoms with Crippen LogP contribution in [0.5, 0.6) is 0 Å². The molecule has 0 aliphatic heterocycles. The molecule has 2 rings (SSSR count). The summed E-state index contributed by atoms with van der Waals surface area (Å²) in [6.07, 6.45) is 1.43. The van der Waals surface area contributed by atoms with Crippen molar-refractivity contribution < 1.29 is 9.90 Å². The van der Waals surface area contributed by atoms with Gasteiger partial charge in [-0.05, 0) is 30.9 Å². The van der Waals surface area contributed by atoms with Crippen molar-refractivity contribution in [3.8, 4) is 0 Å². The van der Waals surface area contributed by atoms with E-state index < -0.39 is 6.10 Å². The summed E-state index contributed by atoms with van der Waals surface area (Å²) in [4.78, 5) is 11.5. The van der Waals surface area contributed by atoms with Crippen molar-refractivity contribution in [3.63, 3.8) is 0 Å². The summed E-state index contributed by atoms with van der Waals surface area (Å²) in [5.74, 6) is 0.619. The minimum absolute atomic E-state index is 0.0694. The fraction of sp³-hybridized carbons (Fsp3) is 0.462. The smallest absolute Gasteiger partial charge is 0.314 e. The Bertz CT molecular complexity index is 444. The quantitative estimate of drug-likeness (QED) is 0.783. The van der Waals surface area contributed by atoms with Crippen molar-refractivity contribution in [2.24, 2.45) is 5.92 Å². The monoisotopic (exact) mass is 302 g/mol. The molecule has 1 aliphatic rings. The second-order valence-electron chi connectivity index (χ2n) is 4.69. The summed E-state index contributed by atoms with van der Waals surface area (Å²) >= 11 is 12.0. The Balaban J connectivity index is 1.82. The van der Waals surface area contributed by atoms with Crippen molar-refractivity contribution >= 4 is 29.2 Å². The number of amides is 2. The van der Waals surface area contributed by atoms with E-state index in [1.54, 1.807) is 18.2 Å². The molecule has 1 aromatic carbocycles. The molecule has 104 valence electrons. The minimum atomic E-state index is -0.923. The van der Waals surface area contributed by atoms with Crippen LogP contribution in [0.3, 0.4) is 0 Å². The summed E-state index contributed by atoms with van der Waals surface area (Å²) < 4.78 is 0. The zero-order valence-corrected chi connectivity index (χ0v) is 11.8. The van der Waals surface area contributed by atoms with E-state index in [4.69, 9.17) is 23.2 Å². The Labute approximate surface area is 122 Å². The zero-order chi connectivity index (χ0) is 13.8. The normalized spacial score (nSPS) is 15.9. The van der Waals surface area contributed by atoms with Gasteiger partial charge in [-0.25, -0.2) is 4.79 Å².